The second-order valence-electron chi connectivity index (χ2n) is 7.20. The van der Waals surface area contributed by atoms with Crippen molar-refractivity contribution in [1.29, 1.82) is 0 Å². The summed E-state index contributed by atoms with van der Waals surface area (Å²) in [4.78, 5) is 14.5. The van der Waals surface area contributed by atoms with E-state index in [0.717, 1.165) is 54.3 Å². The zero-order valence-corrected chi connectivity index (χ0v) is 18.2. The van der Waals surface area contributed by atoms with Gasteiger partial charge in [-0.05, 0) is 44.2 Å². The fourth-order valence-corrected chi connectivity index (χ4v) is 3.08. The van der Waals surface area contributed by atoms with E-state index in [-0.39, 0.29) is 12.6 Å². The molecule has 0 saturated carbocycles. The molecule has 0 aliphatic carbocycles. The van der Waals surface area contributed by atoms with Crippen LogP contribution in [0.5, 0.6) is 5.88 Å². The molecule has 0 radical (unpaired) electrons. The van der Waals surface area contributed by atoms with Crippen molar-refractivity contribution in [3.8, 4) is 17.1 Å². The average molecular weight is 386 g/mol. The van der Waals surface area contributed by atoms with Gasteiger partial charge in [0, 0.05) is 24.3 Å². The number of aromatic nitrogens is 3. The van der Waals surface area contributed by atoms with Gasteiger partial charge in [0.05, 0.1) is 17.5 Å². The van der Waals surface area contributed by atoms with Crippen LogP contribution in [0.25, 0.3) is 11.3 Å². The number of pyridine rings is 1. The van der Waals surface area contributed by atoms with Gasteiger partial charge in [-0.1, -0.05) is 34.6 Å². The molecule has 3 N–H and O–H groups in total. The van der Waals surface area contributed by atoms with Crippen molar-refractivity contribution in [3.05, 3.63) is 29.2 Å². The molecule has 28 heavy (non-hydrogen) atoms. The van der Waals surface area contributed by atoms with Gasteiger partial charge in [-0.25, -0.2) is 15.0 Å². The molecule has 0 aliphatic rings. The van der Waals surface area contributed by atoms with Gasteiger partial charge >= 0.3 is 0 Å². The number of aryl methyl sites for hydroxylation is 1. The highest BCUT2D eigenvalue weighted by atomic mass is 16.5. The zero-order valence-electron chi connectivity index (χ0n) is 18.2. The first-order valence-corrected chi connectivity index (χ1v) is 10.5. The molecule has 6 heteroatoms. The molecule has 0 unspecified atom stereocenters. The van der Waals surface area contributed by atoms with Crippen molar-refractivity contribution in [3.63, 3.8) is 0 Å². The SMILES string of the molecule is CCNc1nc(C(C)C)ccc1-c1nc(CN)c(OC(CC)CC)nc1CC. The van der Waals surface area contributed by atoms with Crippen LogP contribution in [0, 0.1) is 0 Å². The van der Waals surface area contributed by atoms with Crippen molar-refractivity contribution in [2.45, 2.75) is 79.4 Å². The number of nitrogens with zero attached hydrogens (tertiary/aromatic N) is 3. The fraction of sp³-hybridized carbons (Fsp3) is 0.591. The number of ether oxygens (including phenoxy) is 1. The van der Waals surface area contributed by atoms with Gasteiger partial charge in [-0.15, -0.1) is 0 Å². The topological polar surface area (TPSA) is 86.0 Å². The monoisotopic (exact) mass is 385 g/mol. The minimum absolute atomic E-state index is 0.125. The second kappa shape index (κ2) is 10.4. The molecule has 6 nitrogen and oxygen atoms in total. The normalized spacial score (nSPS) is 11.3. The first-order chi connectivity index (χ1) is 13.5. The van der Waals surface area contributed by atoms with Crippen LogP contribution >= 0.6 is 0 Å². The third kappa shape index (κ3) is 4.98. The Morgan fingerprint density at radius 2 is 1.71 bits per heavy atom. The summed E-state index contributed by atoms with van der Waals surface area (Å²) in [5.74, 6) is 1.77. The molecule has 2 rings (SSSR count). The Kier molecular flexibility index (Phi) is 8.18. The highest BCUT2D eigenvalue weighted by Gasteiger charge is 2.20. The number of anilines is 1. The standard InChI is InChI=1S/C22H35N5O/c1-7-15(8-2)28-22-19(13-23)25-20(17(9-3)27-22)16-11-12-18(14(5)6)26-21(16)24-10-4/h11-12,14-15H,7-10,13,23H2,1-6H3,(H,24,26). The molecular weight excluding hydrogens is 350 g/mol. The summed E-state index contributed by atoms with van der Waals surface area (Å²) in [5, 5.41) is 3.38. The Balaban J connectivity index is 2.59. The highest BCUT2D eigenvalue weighted by molar-refractivity contribution is 5.74. The quantitative estimate of drug-likeness (QED) is 0.617. The molecule has 154 valence electrons. The molecule has 0 aliphatic heterocycles. The Morgan fingerprint density at radius 1 is 1.00 bits per heavy atom. The number of hydrogen-bond donors (Lipinski definition) is 2. The second-order valence-corrected chi connectivity index (χ2v) is 7.20. The molecule has 0 saturated heterocycles. The van der Waals surface area contributed by atoms with Gasteiger partial charge in [0.1, 0.15) is 11.5 Å². The van der Waals surface area contributed by atoms with Crippen molar-refractivity contribution in [1.82, 2.24) is 15.0 Å². The maximum absolute atomic E-state index is 6.11. The largest absolute Gasteiger partial charge is 0.473 e. The van der Waals surface area contributed by atoms with Crippen molar-refractivity contribution >= 4 is 5.82 Å². The van der Waals surface area contributed by atoms with Crippen LogP contribution in [-0.4, -0.2) is 27.6 Å². The molecule has 2 aromatic rings. The van der Waals surface area contributed by atoms with Crippen LogP contribution in [0.3, 0.4) is 0 Å². The molecule has 2 heterocycles. The Hall–Kier alpha value is -2.21. The summed E-state index contributed by atoms with van der Waals surface area (Å²) in [6.45, 7) is 13.7. The van der Waals surface area contributed by atoms with Crippen LogP contribution < -0.4 is 15.8 Å². The highest BCUT2D eigenvalue weighted by Crippen LogP contribution is 2.32. The summed E-state index contributed by atoms with van der Waals surface area (Å²) in [5.41, 5.74) is 10.4. The molecule has 2 aromatic heterocycles. The first kappa shape index (κ1) is 22.1. The van der Waals surface area contributed by atoms with E-state index in [0.29, 0.717) is 17.5 Å². The molecule has 0 atom stereocenters. The maximum Gasteiger partial charge on any atom is 0.237 e. The molecule has 0 spiro atoms. The summed E-state index contributed by atoms with van der Waals surface area (Å²) < 4.78 is 6.11. The predicted octanol–water partition coefficient (Wildman–Crippen LogP) is 4.68. The van der Waals surface area contributed by atoms with E-state index in [1.807, 2.05) is 0 Å². The molecule has 0 amide bonds. The lowest BCUT2D eigenvalue weighted by atomic mass is 10.0. The predicted molar refractivity (Wildman–Crippen MR) is 116 cm³/mol. The van der Waals surface area contributed by atoms with Crippen LogP contribution in [-0.2, 0) is 13.0 Å². The number of nitrogens with one attached hydrogen (secondary N) is 1. The molecule has 0 bridgehead atoms. The molecular formula is C22H35N5O. The fourth-order valence-electron chi connectivity index (χ4n) is 3.08. The van der Waals surface area contributed by atoms with Gasteiger partial charge in [0.2, 0.25) is 5.88 Å². The minimum Gasteiger partial charge on any atom is -0.473 e. The minimum atomic E-state index is 0.125. The van der Waals surface area contributed by atoms with E-state index in [1.54, 1.807) is 0 Å². The molecule has 0 aromatic carbocycles. The lowest BCUT2D eigenvalue weighted by Gasteiger charge is -2.20. The van der Waals surface area contributed by atoms with Gasteiger partial charge in [0.15, 0.2) is 0 Å². The Labute approximate surface area is 169 Å². The van der Waals surface area contributed by atoms with E-state index < -0.39 is 0 Å². The summed E-state index contributed by atoms with van der Waals surface area (Å²) in [6, 6.07) is 4.16. The lowest BCUT2D eigenvalue weighted by Crippen LogP contribution is -2.18. The van der Waals surface area contributed by atoms with Crippen LogP contribution in [0.2, 0.25) is 0 Å². The lowest BCUT2D eigenvalue weighted by molar-refractivity contribution is 0.181. The maximum atomic E-state index is 6.11. The number of rotatable bonds is 10. The first-order valence-electron chi connectivity index (χ1n) is 10.5. The van der Waals surface area contributed by atoms with Gasteiger partial charge in [0.25, 0.3) is 0 Å². The van der Waals surface area contributed by atoms with Gasteiger partial charge < -0.3 is 15.8 Å². The number of nitrogens with two attached hydrogens (primary N) is 1. The van der Waals surface area contributed by atoms with Gasteiger partial charge in [-0.2, -0.15) is 0 Å². The van der Waals surface area contributed by atoms with E-state index in [9.17, 15) is 0 Å². The van der Waals surface area contributed by atoms with E-state index in [2.05, 4.69) is 59.0 Å². The molecule has 0 fully saturated rings. The van der Waals surface area contributed by atoms with Crippen LogP contribution in [0.15, 0.2) is 12.1 Å². The van der Waals surface area contributed by atoms with E-state index >= 15 is 0 Å². The number of hydrogen-bond acceptors (Lipinski definition) is 6. The third-order valence-corrected chi connectivity index (χ3v) is 4.83. The van der Waals surface area contributed by atoms with Crippen LogP contribution in [0.4, 0.5) is 5.82 Å². The van der Waals surface area contributed by atoms with E-state index in [1.165, 1.54) is 0 Å². The van der Waals surface area contributed by atoms with Crippen LogP contribution in [0.1, 0.15) is 77.4 Å². The average Bonchev–Trinajstić information content (AvgIpc) is 2.71. The Morgan fingerprint density at radius 3 is 2.25 bits per heavy atom. The third-order valence-electron chi connectivity index (χ3n) is 4.83. The van der Waals surface area contributed by atoms with Crippen molar-refractivity contribution in [2.24, 2.45) is 5.73 Å². The van der Waals surface area contributed by atoms with Gasteiger partial charge in [-0.3, -0.25) is 0 Å². The summed E-state index contributed by atoms with van der Waals surface area (Å²) in [6.07, 6.45) is 2.73. The van der Waals surface area contributed by atoms with Crippen molar-refractivity contribution in [2.75, 3.05) is 11.9 Å². The Bertz CT molecular complexity index is 772. The zero-order chi connectivity index (χ0) is 20.7. The van der Waals surface area contributed by atoms with Crippen molar-refractivity contribution < 1.29 is 4.74 Å². The smallest absolute Gasteiger partial charge is 0.237 e. The van der Waals surface area contributed by atoms with E-state index in [4.69, 9.17) is 25.4 Å². The summed E-state index contributed by atoms with van der Waals surface area (Å²) >= 11 is 0. The summed E-state index contributed by atoms with van der Waals surface area (Å²) in [7, 11) is 0.